The van der Waals surface area contributed by atoms with Crippen molar-refractivity contribution < 1.29 is 18.4 Å². The molecule has 0 bridgehead atoms. The molecule has 2 aromatic carbocycles. The Hall–Kier alpha value is -2.76. The molecule has 0 fully saturated rings. The smallest absolute Gasteiger partial charge is 0.268 e. The van der Waals surface area contributed by atoms with Crippen LogP contribution >= 0.6 is 0 Å². The van der Waals surface area contributed by atoms with Gasteiger partial charge in [-0.3, -0.25) is 4.79 Å². The monoisotopic (exact) mass is 302 g/mol. The maximum Gasteiger partial charge on any atom is 0.268 e. The third kappa shape index (κ3) is 3.11. The van der Waals surface area contributed by atoms with Crippen LogP contribution in [-0.2, 0) is 9.63 Å². The molecule has 22 heavy (non-hydrogen) atoms. The highest BCUT2D eigenvalue weighted by molar-refractivity contribution is 6.06. The standard InChI is InChI=1S/C16H12F2N2O2/c17-11-4-6-13(7-5-11)19-16(21)15-9-14(20-22-15)10-2-1-3-12(18)8-10/h1-8,15H,9H2,(H,19,21). The van der Waals surface area contributed by atoms with Crippen molar-refractivity contribution in [2.75, 3.05) is 5.32 Å². The minimum absolute atomic E-state index is 0.247. The Bertz CT molecular complexity index is 729. The maximum absolute atomic E-state index is 13.2. The summed E-state index contributed by atoms with van der Waals surface area (Å²) in [6.07, 6.45) is -0.542. The molecule has 1 N–H and O–H groups in total. The first-order valence-electron chi connectivity index (χ1n) is 6.67. The van der Waals surface area contributed by atoms with Crippen LogP contribution in [0.25, 0.3) is 0 Å². The Kier molecular flexibility index (Phi) is 3.82. The highest BCUT2D eigenvalue weighted by atomic mass is 19.1. The van der Waals surface area contributed by atoms with Gasteiger partial charge in [-0.05, 0) is 36.4 Å². The predicted molar refractivity (Wildman–Crippen MR) is 77.5 cm³/mol. The quantitative estimate of drug-likeness (QED) is 0.947. The minimum Gasteiger partial charge on any atom is -0.382 e. The number of carbonyl (C=O) groups is 1. The molecule has 0 saturated heterocycles. The molecule has 112 valence electrons. The van der Waals surface area contributed by atoms with E-state index in [0.717, 1.165) is 0 Å². The Labute approximate surface area is 125 Å². The molecule has 1 aliphatic rings. The molecule has 1 aliphatic heterocycles. The van der Waals surface area contributed by atoms with Gasteiger partial charge >= 0.3 is 0 Å². The van der Waals surface area contributed by atoms with E-state index >= 15 is 0 Å². The van der Waals surface area contributed by atoms with E-state index in [1.165, 1.54) is 36.4 Å². The number of nitrogens with zero attached hydrogens (tertiary/aromatic N) is 1. The lowest BCUT2D eigenvalue weighted by Crippen LogP contribution is -2.28. The number of hydrogen-bond donors (Lipinski definition) is 1. The Morgan fingerprint density at radius 1 is 1.14 bits per heavy atom. The van der Waals surface area contributed by atoms with Crippen molar-refractivity contribution >= 4 is 17.3 Å². The third-order valence-corrected chi connectivity index (χ3v) is 3.23. The van der Waals surface area contributed by atoms with Gasteiger partial charge in [0.15, 0.2) is 0 Å². The molecule has 0 aromatic heterocycles. The van der Waals surface area contributed by atoms with Crippen LogP contribution in [0.5, 0.6) is 0 Å². The number of nitrogens with one attached hydrogen (secondary N) is 1. The summed E-state index contributed by atoms with van der Waals surface area (Å²) >= 11 is 0. The largest absolute Gasteiger partial charge is 0.382 e. The summed E-state index contributed by atoms with van der Waals surface area (Å²) in [7, 11) is 0. The fourth-order valence-corrected chi connectivity index (χ4v) is 2.11. The second-order valence-corrected chi connectivity index (χ2v) is 4.84. The first kappa shape index (κ1) is 14.2. The van der Waals surface area contributed by atoms with E-state index in [2.05, 4.69) is 10.5 Å². The molecule has 1 atom stereocenters. The van der Waals surface area contributed by atoms with Gasteiger partial charge < -0.3 is 10.2 Å². The Balaban J connectivity index is 1.64. The summed E-state index contributed by atoms with van der Waals surface area (Å²) in [5.41, 5.74) is 1.56. The van der Waals surface area contributed by atoms with Crippen LogP contribution in [-0.4, -0.2) is 17.7 Å². The Morgan fingerprint density at radius 3 is 2.64 bits per heavy atom. The zero-order valence-electron chi connectivity index (χ0n) is 11.4. The molecule has 0 radical (unpaired) electrons. The fourth-order valence-electron chi connectivity index (χ4n) is 2.11. The zero-order chi connectivity index (χ0) is 15.5. The van der Waals surface area contributed by atoms with Crippen molar-refractivity contribution in [3.63, 3.8) is 0 Å². The number of anilines is 1. The van der Waals surface area contributed by atoms with Crippen LogP contribution < -0.4 is 5.32 Å². The van der Waals surface area contributed by atoms with Gasteiger partial charge in [0.1, 0.15) is 11.6 Å². The Morgan fingerprint density at radius 2 is 1.91 bits per heavy atom. The summed E-state index contributed by atoms with van der Waals surface area (Å²) in [6, 6.07) is 11.3. The number of oxime groups is 1. The molecule has 1 unspecified atom stereocenters. The molecule has 0 aliphatic carbocycles. The molecule has 0 saturated carbocycles. The summed E-state index contributed by atoms with van der Waals surface area (Å²) in [5.74, 6) is -1.15. The SMILES string of the molecule is O=C(Nc1ccc(F)cc1)C1CC(c2cccc(F)c2)=NO1. The van der Waals surface area contributed by atoms with Crippen molar-refractivity contribution in [3.05, 3.63) is 65.7 Å². The topological polar surface area (TPSA) is 50.7 Å². The van der Waals surface area contributed by atoms with E-state index in [1.54, 1.807) is 12.1 Å². The number of rotatable bonds is 3. The summed E-state index contributed by atoms with van der Waals surface area (Å²) in [6.45, 7) is 0. The van der Waals surface area contributed by atoms with Crippen LogP contribution in [0, 0.1) is 11.6 Å². The molecule has 6 heteroatoms. The highest BCUT2D eigenvalue weighted by Gasteiger charge is 2.29. The summed E-state index contributed by atoms with van der Waals surface area (Å²) in [4.78, 5) is 17.2. The summed E-state index contributed by atoms with van der Waals surface area (Å²) in [5, 5.41) is 6.45. The predicted octanol–water partition coefficient (Wildman–Crippen LogP) is 3.10. The van der Waals surface area contributed by atoms with E-state index < -0.39 is 6.10 Å². The number of benzene rings is 2. The van der Waals surface area contributed by atoms with Crippen LogP contribution in [0.1, 0.15) is 12.0 Å². The number of hydrogen-bond acceptors (Lipinski definition) is 3. The van der Waals surface area contributed by atoms with E-state index in [4.69, 9.17) is 4.84 Å². The van der Waals surface area contributed by atoms with Crippen LogP contribution in [0.3, 0.4) is 0 Å². The molecular formula is C16H12F2N2O2. The van der Waals surface area contributed by atoms with Crippen molar-refractivity contribution in [2.45, 2.75) is 12.5 Å². The van der Waals surface area contributed by atoms with E-state index in [9.17, 15) is 13.6 Å². The van der Waals surface area contributed by atoms with Gasteiger partial charge in [0.2, 0.25) is 6.10 Å². The van der Waals surface area contributed by atoms with Crippen LogP contribution in [0.2, 0.25) is 0 Å². The molecule has 1 amide bonds. The van der Waals surface area contributed by atoms with Gasteiger partial charge in [-0.1, -0.05) is 17.3 Å². The molecule has 3 rings (SSSR count). The molecule has 0 spiro atoms. The highest BCUT2D eigenvalue weighted by Crippen LogP contribution is 2.19. The number of amides is 1. The molecule has 2 aromatic rings. The second-order valence-electron chi connectivity index (χ2n) is 4.84. The number of carbonyl (C=O) groups excluding carboxylic acids is 1. The van der Waals surface area contributed by atoms with Gasteiger partial charge in [0.05, 0.1) is 5.71 Å². The first-order chi connectivity index (χ1) is 10.6. The number of halogens is 2. The van der Waals surface area contributed by atoms with Gasteiger partial charge in [-0.25, -0.2) is 8.78 Å². The second kappa shape index (κ2) is 5.93. The van der Waals surface area contributed by atoms with E-state index in [0.29, 0.717) is 17.0 Å². The summed E-state index contributed by atoms with van der Waals surface area (Å²) < 4.78 is 26.0. The van der Waals surface area contributed by atoms with E-state index in [1.807, 2.05) is 0 Å². The molecular weight excluding hydrogens is 290 g/mol. The maximum atomic E-state index is 13.2. The van der Waals surface area contributed by atoms with Crippen molar-refractivity contribution in [2.24, 2.45) is 5.16 Å². The fraction of sp³-hybridized carbons (Fsp3) is 0.125. The first-order valence-corrected chi connectivity index (χ1v) is 6.67. The lowest BCUT2D eigenvalue weighted by Gasteiger charge is -2.09. The molecule has 4 nitrogen and oxygen atoms in total. The van der Waals surface area contributed by atoms with Crippen molar-refractivity contribution in [1.29, 1.82) is 0 Å². The third-order valence-electron chi connectivity index (χ3n) is 3.23. The van der Waals surface area contributed by atoms with Gasteiger partial charge in [-0.2, -0.15) is 0 Å². The average Bonchev–Trinajstić information content (AvgIpc) is 3.00. The van der Waals surface area contributed by atoms with E-state index in [-0.39, 0.29) is 24.0 Å². The van der Waals surface area contributed by atoms with Gasteiger partial charge in [-0.15, -0.1) is 0 Å². The van der Waals surface area contributed by atoms with Crippen molar-refractivity contribution in [3.8, 4) is 0 Å². The minimum atomic E-state index is -0.789. The van der Waals surface area contributed by atoms with Gasteiger partial charge in [0, 0.05) is 17.7 Å². The molecule has 1 heterocycles. The van der Waals surface area contributed by atoms with Gasteiger partial charge in [0.25, 0.3) is 5.91 Å². The zero-order valence-corrected chi connectivity index (χ0v) is 11.4. The lowest BCUT2D eigenvalue weighted by molar-refractivity contribution is -0.125. The average molecular weight is 302 g/mol. The van der Waals surface area contributed by atoms with Crippen molar-refractivity contribution in [1.82, 2.24) is 0 Å². The van der Waals surface area contributed by atoms with Crippen LogP contribution in [0.15, 0.2) is 53.7 Å². The normalized spacial score (nSPS) is 16.8. The van der Waals surface area contributed by atoms with Crippen LogP contribution in [0.4, 0.5) is 14.5 Å². The lowest BCUT2D eigenvalue weighted by atomic mass is 10.0.